The summed E-state index contributed by atoms with van der Waals surface area (Å²) in [6.45, 7) is 6.18. The number of hydrogen-bond acceptors (Lipinski definition) is 3. The maximum absolute atomic E-state index is 12.8. The molecule has 0 saturated carbocycles. The van der Waals surface area contributed by atoms with Crippen molar-refractivity contribution in [2.45, 2.75) is 52.0 Å². The molecule has 2 aliphatic heterocycles. The Kier molecular flexibility index (Phi) is 5.19. The van der Waals surface area contributed by atoms with Crippen molar-refractivity contribution in [2.24, 2.45) is 0 Å². The number of amides is 3. The van der Waals surface area contributed by atoms with E-state index in [-0.39, 0.29) is 11.9 Å². The topological polar surface area (TPSA) is 43.9 Å². The Morgan fingerprint density at radius 2 is 1.54 bits per heavy atom. The van der Waals surface area contributed by atoms with Crippen molar-refractivity contribution in [1.29, 1.82) is 0 Å². The van der Waals surface area contributed by atoms with E-state index in [0.717, 1.165) is 37.2 Å². The molecule has 2 saturated heterocycles. The summed E-state index contributed by atoms with van der Waals surface area (Å²) < 4.78 is 0. The third-order valence-electron chi connectivity index (χ3n) is 5.05. The van der Waals surface area contributed by atoms with Crippen LogP contribution in [0, 0.1) is 6.92 Å². The van der Waals surface area contributed by atoms with Gasteiger partial charge in [-0.05, 0) is 51.9 Å². The van der Waals surface area contributed by atoms with E-state index in [4.69, 9.17) is 0 Å². The summed E-state index contributed by atoms with van der Waals surface area (Å²) in [4.78, 5) is 30.8. The fraction of sp³-hybridized carbons (Fsp3) is 0.579. The van der Waals surface area contributed by atoms with Gasteiger partial charge >= 0.3 is 6.03 Å². The standard InChI is InChI=1S/C19H27N3O2/c1-15-8-10-17(11-9-15)22-16(2)18(23)21(19(22)24)14-20-12-6-4-3-5-7-13-20/h8-11,16H,3-7,12-14H2,1-2H3/t16-/m1/s1. The van der Waals surface area contributed by atoms with Crippen LogP contribution in [0.5, 0.6) is 0 Å². The Bertz CT molecular complexity index is 591. The molecule has 0 N–H and O–H groups in total. The highest BCUT2D eigenvalue weighted by molar-refractivity contribution is 6.14. The van der Waals surface area contributed by atoms with Gasteiger partial charge in [-0.3, -0.25) is 14.6 Å². The number of carbonyl (C=O) groups is 2. The first-order chi connectivity index (χ1) is 11.6. The van der Waals surface area contributed by atoms with Gasteiger partial charge < -0.3 is 0 Å². The van der Waals surface area contributed by atoms with Crippen molar-refractivity contribution in [3.63, 3.8) is 0 Å². The van der Waals surface area contributed by atoms with E-state index < -0.39 is 6.04 Å². The number of urea groups is 1. The van der Waals surface area contributed by atoms with Crippen LogP contribution in [-0.4, -0.2) is 47.5 Å². The van der Waals surface area contributed by atoms with E-state index in [1.807, 2.05) is 38.1 Å². The van der Waals surface area contributed by atoms with Crippen molar-refractivity contribution >= 4 is 17.6 Å². The van der Waals surface area contributed by atoms with Gasteiger partial charge in [-0.1, -0.05) is 37.0 Å². The average molecular weight is 329 g/mol. The molecule has 0 aliphatic carbocycles. The Morgan fingerprint density at radius 3 is 2.17 bits per heavy atom. The molecule has 1 aromatic rings. The number of carbonyl (C=O) groups excluding carboxylic acids is 2. The first-order valence-corrected chi connectivity index (χ1v) is 9.01. The maximum atomic E-state index is 12.8. The molecule has 0 unspecified atom stereocenters. The summed E-state index contributed by atoms with van der Waals surface area (Å²) in [5.41, 5.74) is 1.93. The molecule has 2 heterocycles. The molecule has 5 nitrogen and oxygen atoms in total. The van der Waals surface area contributed by atoms with Crippen LogP contribution in [-0.2, 0) is 4.79 Å². The highest BCUT2D eigenvalue weighted by Gasteiger charge is 2.43. The minimum absolute atomic E-state index is 0.0948. The third kappa shape index (κ3) is 3.46. The van der Waals surface area contributed by atoms with Crippen molar-refractivity contribution in [2.75, 3.05) is 24.7 Å². The monoisotopic (exact) mass is 329 g/mol. The van der Waals surface area contributed by atoms with Crippen LogP contribution >= 0.6 is 0 Å². The fourth-order valence-corrected chi connectivity index (χ4v) is 3.55. The van der Waals surface area contributed by atoms with E-state index >= 15 is 0 Å². The molecular formula is C19H27N3O2. The lowest BCUT2D eigenvalue weighted by atomic mass is 10.1. The number of anilines is 1. The highest BCUT2D eigenvalue weighted by atomic mass is 16.2. The Labute approximate surface area is 144 Å². The summed E-state index contributed by atoms with van der Waals surface area (Å²) in [6, 6.07) is 7.14. The SMILES string of the molecule is Cc1ccc(N2C(=O)N(CN3CCCCCCC3)C(=O)[C@H]2C)cc1. The van der Waals surface area contributed by atoms with E-state index in [0.29, 0.717) is 6.67 Å². The molecule has 2 fully saturated rings. The van der Waals surface area contributed by atoms with Gasteiger partial charge in [0.25, 0.3) is 5.91 Å². The lowest BCUT2D eigenvalue weighted by molar-refractivity contribution is -0.128. The van der Waals surface area contributed by atoms with Crippen molar-refractivity contribution in [3.05, 3.63) is 29.8 Å². The van der Waals surface area contributed by atoms with Gasteiger partial charge in [0.15, 0.2) is 0 Å². The molecule has 1 atom stereocenters. The molecule has 0 bridgehead atoms. The van der Waals surface area contributed by atoms with Gasteiger partial charge in [0, 0.05) is 5.69 Å². The number of likely N-dealkylation sites (tertiary alicyclic amines) is 1. The lowest BCUT2D eigenvalue weighted by Crippen LogP contribution is -2.43. The predicted octanol–water partition coefficient (Wildman–Crippen LogP) is 3.38. The van der Waals surface area contributed by atoms with E-state index in [1.54, 1.807) is 4.90 Å². The zero-order chi connectivity index (χ0) is 17.1. The van der Waals surface area contributed by atoms with Crippen LogP contribution in [0.15, 0.2) is 24.3 Å². The minimum atomic E-state index is -0.435. The van der Waals surface area contributed by atoms with E-state index in [1.165, 1.54) is 24.2 Å². The summed E-state index contributed by atoms with van der Waals surface area (Å²) in [6.07, 6.45) is 6.07. The molecule has 3 rings (SSSR count). The summed E-state index contributed by atoms with van der Waals surface area (Å²) in [7, 11) is 0. The van der Waals surface area contributed by atoms with Crippen LogP contribution in [0.25, 0.3) is 0 Å². The Balaban J connectivity index is 1.73. The van der Waals surface area contributed by atoms with Crippen LogP contribution < -0.4 is 4.90 Å². The van der Waals surface area contributed by atoms with Gasteiger partial charge in [-0.25, -0.2) is 9.69 Å². The zero-order valence-electron chi connectivity index (χ0n) is 14.7. The van der Waals surface area contributed by atoms with Crippen LogP contribution in [0.2, 0.25) is 0 Å². The first kappa shape index (κ1) is 17.0. The number of aryl methyl sites for hydroxylation is 1. The van der Waals surface area contributed by atoms with Crippen molar-refractivity contribution < 1.29 is 9.59 Å². The number of hydrogen-bond donors (Lipinski definition) is 0. The van der Waals surface area contributed by atoms with Gasteiger partial charge in [-0.15, -0.1) is 0 Å². The number of rotatable bonds is 3. The zero-order valence-corrected chi connectivity index (χ0v) is 14.7. The molecule has 130 valence electrons. The fourth-order valence-electron chi connectivity index (χ4n) is 3.55. The van der Waals surface area contributed by atoms with Gasteiger partial charge in [0.05, 0.1) is 6.67 Å². The molecular weight excluding hydrogens is 302 g/mol. The first-order valence-electron chi connectivity index (χ1n) is 9.01. The molecule has 24 heavy (non-hydrogen) atoms. The smallest absolute Gasteiger partial charge is 0.286 e. The Morgan fingerprint density at radius 1 is 0.958 bits per heavy atom. The predicted molar refractivity (Wildman–Crippen MR) is 94.9 cm³/mol. The van der Waals surface area contributed by atoms with Gasteiger partial charge in [0.1, 0.15) is 6.04 Å². The highest BCUT2D eigenvalue weighted by Crippen LogP contribution is 2.26. The Hall–Kier alpha value is -1.88. The normalized spacial score (nSPS) is 23.5. The largest absolute Gasteiger partial charge is 0.333 e. The third-order valence-corrected chi connectivity index (χ3v) is 5.05. The molecule has 0 spiro atoms. The van der Waals surface area contributed by atoms with E-state index in [2.05, 4.69) is 4.90 Å². The number of benzene rings is 1. The maximum Gasteiger partial charge on any atom is 0.333 e. The van der Waals surface area contributed by atoms with Crippen LogP contribution in [0.4, 0.5) is 10.5 Å². The van der Waals surface area contributed by atoms with Gasteiger partial charge in [-0.2, -0.15) is 0 Å². The second-order valence-corrected chi connectivity index (χ2v) is 6.96. The van der Waals surface area contributed by atoms with Crippen molar-refractivity contribution in [3.8, 4) is 0 Å². The minimum Gasteiger partial charge on any atom is -0.286 e. The molecule has 3 amide bonds. The number of nitrogens with zero attached hydrogens (tertiary/aromatic N) is 3. The summed E-state index contributed by atoms with van der Waals surface area (Å²) in [5, 5.41) is 0. The molecule has 1 aromatic carbocycles. The molecule has 0 radical (unpaired) electrons. The average Bonchev–Trinajstić information content (AvgIpc) is 2.74. The molecule has 2 aliphatic rings. The van der Waals surface area contributed by atoms with Gasteiger partial charge in [0.2, 0.25) is 0 Å². The quantitative estimate of drug-likeness (QED) is 0.799. The molecule has 5 heteroatoms. The lowest BCUT2D eigenvalue weighted by Gasteiger charge is -2.28. The van der Waals surface area contributed by atoms with Crippen LogP contribution in [0.3, 0.4) is 0 Å². The second kappa shape index (κ2) is 7.34. The second-order valence-electron chi connectivity index (χ2n) is 6.96. The van der Waals surface area contributed by atoms with Crippen molar-refractivity contribution in [1.82, 2.24) is 9.80 Å². The van der Waals surface area contributed by atoms with E-state index in [9.17, 15) is 9.59 Å². The molecule has 0 aromatic heterocycles. The summed E-state index contributed by atoms with van der Waals surface area (Å²) >= 11 is 0. The summed E-state index contributed by atoms with van der Waals surface area (Å²) in [5.74, 6) is -0.0948. The van der Waals surface area contributed by atoms with Crippen LogP contribution in [0.1, 0.15) is 44.6 Å². The number of imide groups is 1.